The van der Waals surface area contributed by atoms with Crippen LogP contribution in [-0.4, -0.2) is 40.8 Å². The molecular formula is C27H36N4O4. The fraction of sp³-hybridized carbons (Fsp3) is 0.444. The first-order valence-corrected chi connectivity index (χ1v) is 12.3. The summed E-state index contributed by atoms with van der Waals surface area (Å²) in [5, 5.41) is 7.93. The van der Waals surface area contributed by atoms with Crippen molar-refractivity contribution < 1.29 is 19.1 Å². The Hall–Kier alpha value is -3.55. The number of nitrogens with zero attached hydrogens (tertiary/aromatic N) is 2. The van der Waals surface area contributed by atoms with Gasteiger partial charge in [0.15, 0.2) is 5.78 Å². The Bertz CT molecular complexity index is 1090. The van der Waals surface area contributed by atoms with Crippen LogP contribution in [0.4, 0.5) is 5.82 Å². The normalized spacial score (nSPS) is 16.2. The molecule has 0 bridgehead atoms. The van der Waals surface area contributed by atoms with Gasteiger partial charge in [-0.15, -0.1) is 0 Å². The number of Topliss-reactive ketones (excluding diaryl/α,β-unsaturated/α-hetero) is 1. The minimum absolute atomic E-state index is 0.0443. The van der Waals surface area contributed by atoms with Gasteiger partial charge in [0.2, 0.25) is 5.91 Å². The fourth-order valence-electron chi connectivity index (χ4n) is 3.43. The lowest BCUT2D eigenvalue weighted by atomic mass is 9.96. The summed E-state index contributed by atoms with van der Waals surface area (Å²) in [7, 11) is 0. The van der Waals surface area contributed by atoms with Gasteiger partial charge in [-0.3, -0.25) is 19.4 Å². The van der Waals surface area contributed by atoms with E-state index < -0.39 is 0 Å². The monoisotopic (exact) mass is 480 g/mol. The summed E-state index contributed by atoms with van der Waals surface area (Å²) in [6, 6.07) is 3.57. The number of carbonyl (C=O) groups excluding carboxylic acids is 3. The smallest absolute Gasteiger partial charge is 0.293 e. The zero-order chi connectivity index (χ0) is 25.8. The van der Waals surface area contributed by atoms with Crippen molar-refractivity contribution in [3.05, 3.63) is 48.1 Å². The molecular weight excluding hydrogens is 444 g/mol. The molecule has 2 aliphatic rings. The number of dihydropyridines is 1. The average Bonchev–Trinajstić information content (AvgIpc) is 3.72. The molecule has 2 aromatic rings. The Labute approximate surface area is 207 Å². The summed E-state index contributed by atoms with van der Waals surface area (Å²) in [5.41, 5.74) is 2.82. The Morgan fingerprint density at radius 2 is 1.83 bits per heavy atom. The number of ether oxygens (including phenoxy) is 1. The molecule has 1 unspecified atom stereocenters. The molecule has 1 fully saturated rings. The number of pyridine rings is 2. The topological polar surface area (TPSA) is 110 Å². The van der Waals surface area contributed by atoms with E-state index in [0.29, 0.717) is 25.3 Å². The van der Waals surface area contributed by atoms with Crippen molar-refractivity contribution >= 4 is 40.3 Å². The van der Waals surface area contributed by atoms with Crippen LogP contribution < -0.4 is 10.6 Å². The summed E-state index contributed by atoms with van der Waals surface area (Å²) in [6.45, 7) is 10.7. The van der Waals surface area contributed by atoms with Crippen LogP contribution in [0, 0.1) is 5.92 Å². The number of rotatable bonds is 8. The molecule has 1 aliphatic heterocycles. The number of fused-ring (bicyclic) bond motifs is 1. The molecule has 0 radical (unpaired) electrons. The number of hydrogen-bond acceptors (Lipinski definition) is 7. The van der Waals surface area contributed by atoms with E-state index in [2.05, 4.69) is 25.3 Å². The lowest BCUT2D eigenvalue weighted by molar-refractivity contribution is -0.128. The highest BCUT2D eigenvalue weighted by molar-refractivity contribution is 5.96. The summed E-state index contributed by atoms with van der Waals surface area (Å²) < 4.78 is 4.15. The summed E-state index contributed by atoms with van der Waals surface area (Å²) in [4.78, 5) is 42.2. The van der Waals surface area contributed by atoms with Crippen LogP contribution in [-0.2, 0) is 19.1 Å². The number of hydrogen-bond donors (Lipinski definition) is 2. The van der Waals surface area contributed by atoms with Gasteiger partial charge in [-0.05, 0) is 50.8 Å². The van der Waals surface area contributed by atoms with Crippen LogP contribution in [0.2, 0.25) is 0 Å². The molecule has 1 amide bonds. The van der Waals surface area contributed by atoms with Crippen LogP contribution in [0.25, 0.3) is 16.3 Å². The standard InChI is InChI=1S/C22H24N4O2.C3H6O2.C2H6/c1-3-4-20(27)19-7-13(2)17(12-24-19)18-8-15-11-25-21(9-16(15)10-23-18)26-22(28)14-5-6-14;1-2-5-3-4;1-2/h7-12,14,19,24H,3-6H2,1-2H3,(H,25,26,28);3H,2H2,1H3;1-2H3. The second-order valence-electron chi connectivity index (χ2n) is 8.07. The highest BCUT2D eigenvalue weighted by Gasteiger charge is 2.29. The van der Waals surface area contributed by atoms with E-state index in [4.69, 9.17) is 0 Å². The van der Waals surface area contributed by atoms with Crippen LogP contribution in [0.15, 0.2) is 42.4 Å². The number of aromatic nitrogens is 2. The molecule has 0 saturated heterocycles. The largest absolute Gasteiger partial charge is 0.468 e. The van der Waals surface area contributed by atoms with Crippen molar-refractivity contribution in [3.8, 4) is 0 Å². The summed E-state index contributed by atoms with van der Waals surface area (Å²) >= 11 is 0. The zero-order valence-corrected chi connectivity index (χ0v) is 21.3. The number of allylic oxidation sites excluding steroid dienone is 2. The van der Waals surface area contributed by atoms with Gasteiger partial charge in [0, 0.05) is 47.3 Å². The number of carbonyl (C=O) groups is 3. The maximum atomic E-state index is 12.1. The van der Waals surface area contributed by atoms with Crippen LogP contribution >= 0.6 is 0 Å². The Balaban J connectivity index is 0.000000551. The number of ketones is 1. The van der Waals surface area contributed by atoms with E-state index in [-0.39, 0.29) is 23.7 Å². The third-order valence-corrected chi connectivity index (χ3v) is 5.41. The first kappa shape index (κ1) is 27.7. The van der Waals surface area contributed by atoms with E-state index in [9.17, 15) is 14.4 Å². The lowest BCUT2D eigenvalue weighted by Gasteiger charge is -2.21. The van der Waals surface area contributed by atoms with Crippen LogP contribution in [0.5, 0.6) is 0 Å². The fourth-order valence-corrected chi connectivity index (χ4v) is 3.43. The summed E-state index contributed by atoms with van der Waals surface area (Å²) in [6.07, 6.45) is 10.7. The highest BCUT2D eigenvalue weighted by Crippen LogP contribution is 2.31. The third kappa shape index (κ3) is 8.02. The van der Waals surface area contributed by atoms with E-state index >= 15 is 0 Å². The van der Waals surface area contributed by atoms with Crippen molar-refractivity contribution in [3.63, 3.8) is 0 Å². The molecule has 2 N–H and O–H groups in total. The van der Waals surface area contributed by atoms with Gasteiger partial charge < -0.3 is 15.4 Å². The Morgan fingerprint density at radius 3 is 2.40 bits per heavy atom. The minimum Gasteiger partial charge on any atom is -0.468 e. The maximum absolute atomic E-state index is 12.1. The molecule has 3 heterocycles. The van der Waals surface area contributed by atoms with Crippen molar-refractivity contribution in [1.29, 1.82) is 0 Å². The van der Waals surface area contributed by atoms with Crippen molar-refractivity contribution in [2.45, 2.75) is 66.3 Å². The molecule has 188 valence electrons. The van der Waals surface area contributed by atoms with Gasteiger partial charge in [-0.25, -0.2) is 4.98 Å². The number of nitrogens with one attached hydrogen (secondary N) is 2. The van der Waals surface area contributed by atoms with Gasteiger partial charge in [-0.2, -0.15) is 0 Å². The molecule has 8 heteroatoms. The third-order valence-electron chi connectivity index (χ3n) is 5.41. The van der Waals surface area contributed by atoms with Crippen molar-refractivity contribution in [1.82, 2.24) is 15.3 Å². The maximum Gasteiger partial charge on any atom is 0.293 e. The molecule has 2 aromatic heterocycles. The SMILES string of the molecule is CC.CCCC(=O)C1C=C(C)C(c2cc3cnc(NC(=O)C4CC4)cc3cn2)=CN1.CCOC=O. The quantitative estimate of drug-likeness (QED) is 0.522. The van der Waals surface area contributed by atoms with Crippen molar-refractivity contribution in [2.24, 2.45) is 5.92 Å². The number of amides is 1. The molecule has 1 atom stereocenters. The number of anilines is 1. The second kappa shape index (κ2) is 14.0. The predicted octanol–water partition coefficient (Wildman–Crippen LogP) is 4.81. The Kier molecular flexibility index (Phi) is 11.1. The molecule has 4 rings (SSSR count). The van der Waals surface area contributed by atoms with Crippen molar-refractivity contribution in [2.75, 3.05) is 11.9 Å². The van der Waals surface area contributed by atoms with E-state index in [1.54, 1.807) is 19.3 Å². The van der Waals surface area contributed by atoms with E-state index in [1.807, 2.05) is 52.1 Å². The second-order valence-corrected chi connectivity index (χ2v) is 8.07. The average molecular weight is 481 g/mol. The Morgan fingerprint density at radius 1 is 1.14 bits per heavy atom. The van der Waals surface area contributed by atoms with Crippen LogP contribution in [0.3, 0.4) is 0 Å². The molecule has 35 heavy (non-hydrogen) atoms. The summed E-state index contributed by atoms with van der Waals surface area (Å²) in [5.74, 6) is 0.953. The first-order valence-electron chi connectivity index (χ1n) is 12.3. The van der Waals surface area contributed by atoms with Crippen LogP contribution in [0.1, 0.15) is 66.0 Å². The minimum atomic E-state index is -0.261. The molecule has 0 spiro atoms. The predicted molar refractivity (Wildman–Crippen MR) is 139 cm³/mol. The van der Waals surface area contributed by atoms with Gasteiger partial charge in [0.1, 0.15) is 11.9 Å². The van der Waals surface area contributed by atoms with E-state index in [0.717, 1.165) is 46.9 Å². The highest BCUT2D eigenvalue weighted by atomic mass is 16.5. The molecule has 1 aliphatic carbocycles. The van der Waals surface area contributed by atoms with E-state index in [1.165, 1.54) is 0 Å². The molecule has 0 aromatic carbocycles. The van der Waals surface area contributed by atoms with Gasteiger partial charge in [0.05, 0.1) is 12.3 Å². The van der Waals surface area contributed by atoms with Gasteiger partial charge in [-0.1, -0.05) is 26.8 Å². The zero-order valence-electron chi connectivity index (χ0n) is 21.3. The molecule has 8 nitrogen and oxygen atoms in total. The first-order chi connectivity index (χ1) is 17.0. The lowest BCUT2D eigenvalue weighted by Crippen LogP contribution is -2.34. The molecule has 1 saturated carbocycles. The van der Waals surface area contributed by atoms with Gasteiger partial charge in [0.25, 0.3) is 6.47 Å². The van der Waals surface area contributed by atoms with Gasteiger partial charge >= 0.3 is 0 Å².